The fourth-order valence-electron chi connectivity index (χ4n) is 0.844. The Kier molecular flexibility index (Phi) is 3.90. The lowest BCUT2D eigenvalue weighted by Crippen LogP contribution is -2.07. The molecule has 0 aliphatic heterocycles. The van der Waals surface area contributed by atoms with Crippen molar-refractivity contribution in [3.05, 3.63) is 28.5 Å². The van der Waals surface area contributed by atoms with E-state index in [9.17, 15) is 4.39 Å². The van der Waals surface area contributed by atoms with Crippen molar-refractivity contribution < 1.29 is 9.13 Å². The van der Waals surface area contributed by atoms with E-state index in [1.165, 1.54) is 12.1 Å². The lowest BCUT2D eigenvalue weighted by atomic mass is 10.2. The molecule has 0 fully saturated rings. The van der Waals surface area contributed by atoms with E-state index in [-0.39, 0.29) is 18.3 Å². The molecule has 0 saturated heterocycles. The van der Waals surface area contributed by atoms with Crippen LogP contribution in [0.5, 0.6) is 5.75 Å². The lowest BCUT2D eigenvalue weighted by molar-refractivity contribution is 0.275. The van der Waals surface area contributed by atoms with Crippen LogP contribution in [0.15, 0.2) is 22.7 Å². The highest BCUT2D eigenvalue weighted by Gasteiger charge is 2.06. The molecule has 4 heteroatoms. The molecule has 1 aromatic carbocycles. The molecule has 0 aliphatic rings. The van der Waals surface area contributed by atoms with Crippen LogP contribution in [0.25, 0.3) is 0 Å². The highest BCUT2D eigenvalue weighted by Crippen LogP contribution is 2.21. The molecule has 0 spiro atoms. The van der Waals surface area contributed by atoms with Gasteiger partial charge in [0.15, 0.2) is 11.6 Å². The molecule has 14 heavy (non-hydrogen) atoms. The summed E-state index contributed by atoms with van der Waals surface area (Å²) in [7, 11) is 0. The Morgan fingerprint density at radius 1 is 1.64 bits per heavy atom. The number of hydrogen-bond donors (Lipinski definition) is 0. The van der Waals surface area contributed by atoms with Crippen LogP contribution in [0.2, 0.25) is 0 Å². The number of rotatable bonds is 3. The summed E-state index contributed by atoms with van der Waals surface area (Å²) in [6.07, 6.45) is 0. The van der Waals surface area contributed by atoms with Gasteiger partial charge in [-0.05, 0) is 25.1 Å². The largest absolute Gasteiger partial charge is 0.489 e. The molecular formula is C10H9BrFNO. The Balaban J connectivity index is 2.64. The Bertz CT molecular complexity index is 362. The first kappa shape index (κ1) is 11.0. The van der Waals surface area contributed by atoms with E-state index in [0.29, 0.717) is 4.47 Å². The molecule has 0 aliphatic carbocycles. The van der Waals surface area contributed by atoms with E-state index < -0.39 is 5.82 Å². The quantitative estimate of drug-likeness (QED) is 0.834. The monoisotopic (exact) mass is 257 g/mol. The number of halogens is 2. The summed E-state index contributed by atoms with van der Waals surface area (Å²) in [5.74, 6) is -0.488. The number of hydrogen-bond acceptors (Lipinski definition) is 2. The van der Waals surface area contributed by atoms with Gasteiger partial charge in [0.1, 0.15) is 6.61 Å². The maximum Gasteiger partial charge on any atom is 0.166 e. The van der Waals surface area contributed by atoms with Gasteiger partial charge in [0.2, 0.25) is 0 Å². The van der Waals surface area contributed by atoms with Crippen LogP contribution in [0.1, 0.15) is 6.92 Å². The molecule has 1 unspecified atom stereocenters. The van der Waals surface area contributed by atoms with Crippen LogP contribution in [0.4, 0.5) is 4.39 Å². The van der Waals surface area contributed by atoms with E-state index in [4.69, 9.17) is 10.00 Å². The maximum absolute atomic E-state index is 13.2. The summed E-state index contributed by atoms with van der Waals surface area (Å²) in [4.78, 5) is 0. The predicted molar refractivity (Wildman–Crippen MR) is 54.4 cm³/mol. The van der Waals surface area contributed by atoms with Crippen molar-refractivity contribution >= 4 is 15.9 Å². The molecule has 0 amide bonds. The zero-order valence-corrected chi connectivity index (χ0v) is 9.21. The molecule has 1 atom stereocenters. The third-order valence-electron chi connectivity index (χ3n) is 1.60. The standard InChI is InChI=1S/C10H9BrFNO/c1-7(5-13)6-14-10-3-2-8(11)4-9(10)12/h2-4,7H,6H2,1H3. The second-order valence-corrected chi connectivity index (χ2v) is 3.83. The van der Waals surface area contributed by atoms with Crippen molar-refractivity contribution in [2.75, 3.05) is 6.61 Å². The minimum Gasteiger partial charge on any atom is -0.489 e. The van der Waals surface area contributed by atoms with E-state index >= 15 is 0 Å². The highest BCUT2D eigenvalue weighted by molar-refractivity contribution is 9.10. The van der Waals surface area contributed by atoms with Crippen LogP contribution in [-0.4, -0.2) is 6.61 Å². The summed E-state index contributed by atoms with van der Waals surface area (Å²) in [5, 5.41) is 8.49. The molecule has 0 saturated carbocycles. The molecule has 1 rings (SSSR count). The number of nitriles is 1. The number of nitrogens with zero attached hydrogens (tertiary/aromatic N) is 1. The van der Waals surface area contributed by atoms with Gasteiger partial charge in [0, 0.05) is 4.47 Å². The Morgan fingerprint density at radius 2 is 2.36 bits per heavy atom. The van der Waals surface area contributed by atoms with Gasteiger partial charge < -0.3 is 4.74 Å². The second-order valence-electron chi connectivity index (χ2n) is 2.92. The summed E-state index contributed by atoms with van der Waals surface area (Å²) in [6.45, 7) is 1.92. The van der Waals surface area contributed by atoms with Gasteiger partial charge in [-0.3, -0.25) is 0 Å². The summed E-state index contributed by atoms with van der Waals surface area (Å²) >= 11 is 3.14. The molecule has 1 aromatic rings. The van der Waals surface area contributed by atoms with Gasteiger partial charge in [0.25, 0.3) is 0 Å². The fourth-order valence-corrected chi connectivity index (χ4v) is 1.18. The zero-order chi connectivity index (χ0) is 10.6. The van der Waals surface area contributed by atoms with E-state index in [2.05, 4.69) is 15.9 Å². The van der Waals surface area contributed by atoms with Gasteiger partial charge in [-0.2, -0.15) is 5.26 Å². The van der Waals surface area contributed by atoms with Crippen LogP contribution < -0.4 is 4.74 Å². The van der Waals surface area contributed by atoms with Gasteiger partial charge in [-0.1, -0.05) is 15.9 Å². The predicted octanol–water partition coefficient (Wildman–Crippen LogP) is 3.13. The molecule has 0 heterocycles. The Morgan fingerprint density at radius 3 is 2.93 bits per heavy atom. The van der Waals surface area contributed by atoms with Crippen molar-refractivity contribution in [2.24, 2.45) is 5.92 Å². The van der Waals surface area contributed by atoms with Gasteiger partial charge in [-0.25, -0.2) is 4.39 Å². The number of benzene rings is 1. The molecule has 0 bridgehead atoms. The Labute approximate surface area is 90.4 Å². The van der Waals surface area contributed by atoms with Gasteiger partial charge in [-0.15, -0.1) is 0 Å². The molecule has 2 nitrogen and oxygen atoms in total. The second kappa shape index (κ2) is 4.97. The van der Waals surface area contributed by atoms with Crippen LogP contribution in [-0.2, 0) is 0 Å². The van der Waals surface area contributed by atoms with Crippen molar-refractivity contribution in [1.29, 1.82) is 5.26 Å². The highest BCUT2D eigenvalue weighted by atomic mass is 79.9. The minimum absolute atomic E-state index is 0.176. The molecule has 74 valence electrons. The average Bonchev–Trinajstić information content (AvgIpc) is 2.16. The van der Waals surface area contributed by atoms with Crippen molar-refractivity contribution in [3.8, 4) is 11.8 Å². The third kappa shape index (κ3) is 3.00. The summed E-state index contributed by atoms with van der Waals surface area (Å²) in [6, 6.07) is 6.56. The van der Waals surface area contributed by atoms with Crippen molar-refractivity contribution in [3.63, 3.8) is 0 Å². The summed E-state index contributed by atoms with van der Waals surface area (Å²) in [5.41, 5.74) is 0. The zero-order valence-electron chi connectivity index (χ0n) is 7.63. The molecule has 0 aromatic heterocycles. The first-order valence-corrected chi connectivity index (χ1v) is 4.90. The van der Waals surface area contributed by atoms with E-state index in [0.717, 1.165) is 0 Å². The maximum atomic E-state index is 13.2. The van der Waals surface area contributed by atoms with E-state index in [1.54, 1.807) is 13.0 Å². The topological polar surface area (TPSA) is 33.0 Å². The SMILES string of the molecule is CC(C#N)COc1ccc(Br)cc1F. The fraction of sp³-hybridized carbons (Fsp3) is 0.300. The van der Waals surface area contributed by atoms with Gasteiger partial charge >= 0.3 is 0 Å². The van der Waals surface area contributed by atoms with Crippen LogP contribution >= 0.6 is 15.9 Å². The normalized spacial score (nSPS) is 11.9. The lowest BCUT2D eigenvalue weighted by Gasteiger charge is -2.07. The summed E-state index contributed by atoms with van der Waals surface area (Å²) < 4.78 is 19.0. The molecule has 0 radical (unpaired) electrons. The first-order valence-electron chi connectivity index (χ1n) is 4.11. The Hall–Kier alpha value is -1.08. The van der Waals surface area contributed by atoms with Gasteiger partial charge in [0.05, 0.1) is 12.0 Å². The first-order chi connectivity index (χ1) is 6.63. The minimum atomic E-state index is -0.426. The van der Waals surface area contributed by atoms with Crippen molar-refractivity contribution in [1.82, 2.24) is 0 Å². The third-order valence-corrected chi connectivity index (χ3v) is 2.10. The smallest absolute Gasteiger partial charge is 0.166 e. The molecule has 0 N–H and O–H groups in total. The number of ether oxygens (including phenoxy) is 1. The molecular weight excluding hydrogens is 249 g/mol. The van der Waals surface area contributed by atoms with Crippen LogP contribution in [0.3, 0.4) is 0 Å². The van der Waals surface area contributed by atoms with E-state index in [1.807, 2.05) is 6.07 Å². The van der Waals surface area contributed by atoms with Crippen LogP contribution in [0, 0.1) is 23.1 Å². The average molecular weight is 258 g/mol. The van der Waals surface area contributed by atoms with Crippen molar-refractivity contribution in [2.45, 2.75) is 6.92 Å².